The van der Waals surface area contributed by atoms with Crippen molar-refractivity contribution in [3.05, 3.63) is 35.9 Å². The molecular weight excluding hydrogens is 258 g/mol. The Morgan fingerprint density at radius 1 is 1.37 bits per heavy atom. The molecule has 5 heteroatoms. The SMILES string of the molecule is CN(C)C=O.c1ccc([C@H]2CN3CCSC3=N2)cc1. The van der Waals surface area contributed by atoms with Crippen molar-refractivity contribution in [2.45, 2.75) is 6.04 Å². The molecule has 2 aliphatic heterocycles. The van der Waals surface area contributed by atoms with E-state index in [0.717, 1.165) is 13.0 Å². The van der Waals surface area contributed by atoms with Crippen LogP contribution in [0.15, 0.2) is 35.3 Å². The van der Waals surface area contributed by atoms with Gasteiger partial charge in [-0.15, -0.1) is 0 Å². The molecule has 1 aromatic carbocycles. The molecule has 102 valence electrons. The lowest BCUT2D eigenvalue weighted by molar-refractivity contribution is -0.115. The monoisotopic (exact) mass is 277 g/mol. The van der Waals surface area contributed by atoms with Gasteiger partial charge >= 0.3 is 0 Å². The molecule has 19 heavy (non-hydrogen) atoms. The molecule has 1 atom stereocenters. The standard InChI is InChI=1S/C11H12N2S.C3H7NO/c1-2-4-9(5-3-1)10-8-13-6-7-14-11(13)12-10;1-4(2)3-5/h1-5,10H,6-8H2;3H,1-2H3/t10-;/m1./s1. The average molecular weight is 277 g/mol. The molecule has 0 aliphatic carbocycles. The Labute approximate surface area is 118 Å². The van der Waals surface area contributed by atoms with Crippen LogP contribution in [0.2, 0.25) is 0 Å². The molecule has 1 amide bonds. The van der Waals surface area contributed by atoms with E-state index in [1.807, 2.05) is 11.8 Å². The first-order chi connectivity index (χ1) is 9.20. The molecule has 3 rings (SSSR count). The van der Waals surface area contributed by atoms with E-state index in [0.29, 0.717) is 6.04 Å². The molecule has 0 saturated carbocycles. The lowest BCUT2D eigenvalue weighted by Gasteiger charge is -2.12. The Bertz CT molecular complexity index is 447. The van der Waals surface area contributed by atoms with Crippen LogP contribution in [0, 0.1) is 0 Å². The largest absolute Gasteiger partial charge is 0.351 e. The molecule has 0 N–H and O–H groups in total. The summed E-state index contributed by atoms with van der Waals surface area (Å²) in [5, 5.41) is 1.25. The summed E-state index contributed by atoms with van der Waals surface area (Å²) >= 11 is 1.89. The van der Waals surface area contributed by atoms with Crippen LogP contribution in [0.1, 0.15) is 11.6 Å². The van der Waals surface area contributed by atoms with Gasteiger partial charge in [0.15, 0.2) is 5.17 Å². The highest BCUT2D eigenvalue weighted by molar-refractivity contribution is 8.14. The summed E-state index contributed by atoms with van der Waals surface area (Å²) in [7, 11) is 3.38. The number of amidine groups is 1. The minimum Gasteiger partial charge on any atom is -0.351 e. The molecule has 1 aromatic rings. The Kier molecular flexibility index (Phi) is 4.85. The Hall–Kier alpha value is -1.49. The van der Waals surface area contributed by atoms with Crippen molar-refractivity contribution in [3.8, 4) is 0 Å². The van der Waals surface area contributed by atoms with Crippen LogP contribution in [0.5, 0.6) is 0 Å². The molecule has 0 spiro atoms. The van der Waals surface area contributed by atoms with E-state index in [4.69, 9.17) is 4.99 Å². The fourth-order valence-electron chi connectivity index (χ4n) is 1.96. The molecule has 0 unspecified atom stereocenters. The number of benzene rings is 1. The third-order valence-electron chi connectivity index (χ3n) is 2.92. The summed E-state index contributed by atoms with van der Waals surface area (Å²) in [6, 6.07) is 10.9. The van der Waals surface area contributed by atoms with Crippen molar-refractivity contribution in [2.75, 3.05) is 32.9 Å². The maximum atomic E-state index is 9.43. The number of rotatable bonds is 2. The van der Waals surface area contributed by atoms with E-state index in [9.17, 15) is 4.79 Å². The Balaban J connectivity index is 0.000000232. The van der Waals surface area contributed by atoms with E-state index in [2.05, 4.69) is 35.2 Å². The second-order valence-electron chi connectivity index (χ2n) is 4.70. The fourth-order valence-corrected chi connectivity index (χ4v) is 3.00. The molecule has 1 fully saturated rings. The van der Waals surface area contributed by atoms with Gasteiger partial charge in [0.05, 0.1) is 6.04 Å². The van der Waals surface area contributed by atoms with E-state index in [1.165, 1.54) is 27.9 Å². The zero-order valence-corrected chi connectivity index (χ0v) is 12.1. The van der Waals surface area contributed by atoms with Gasteiger partial charge in [-0.05, 0) is 5.56 Å². The van der Waals surface area contributed by atoms with Crippen LogP contribution in [0.3, 0.4) is 0 Å². The van der Waals surface area contributed by atoms with Gasteiger partial charge in [-0.3, -0.25) is 9.79 Å². The number of thioether (sulfide) groups is 1. The summed E-state index contributed by atoms with van der Waals surface area (Å²) in [6.07, 6.45) is 0.750. The number of amides is 1. The zero-order chi connectivity index (χ0) is 13.7. The fraction of sp³-hybridized carbons (Fsp3) is 0.429. The molecule has 0 bridgehead atoms. The van der Waals surface area contributed by atoms with Crippen LogP contribution >= 0.6 is 11.8 Å². The number of carbonyl (C=O) groups is 1. The first-order valence-corrected chi connectivity index (χ1v) is 7.31. The molecule has 4 nitrogen and oxygen atoms in total. The van der Waals surface area contributed by atoms with Crippen LogP contribution in [0.4, 0.5) is 0 Å². The first-order valence-electron chi connectivity index (χ1n) is 6.33. The van der Waals surface area contributed by atoms with Gasteiger partial charge < -0.3 is 9.80 Å². The molecule has 1 saturated heterocycles. The van der Waals surface area contributed by atoms with Crippen LogP contribution in [-0.2, 0) is 4.79 Å². The van der Waals surface area contributed by atoms with Crippen molar-refractivity contribution in [1.82, 2.24) is 9.80 Å². The van der Waals surface area contributed by atoms with Crippen molar-refractivity contribution >= 4 is 23.3 Å². The predicted molar refractivity (Wildman–Crippen MR) is 80.4 cm³/mol. The molecular formula is C14H19N3OS. The van der Waals surface area contributed by atoms with E-state index in [-0.39, 0.29) is 0 Å². The number of carbonyl (C=O) groups excluding carboxylic acids is 1. The Morgan fingerprint density at radius 2 is 2.05 bits per heavy atom. The van der Waals surface area contributed by atoms with Gasteiger partial charge in [-0.25, -0.2) is 0 Å². The van der Waals surface area contributed by atoms with E-state index in [1.54, 1.807) is 14.1 Å². The number of aliphatic imine (C=N–C) groups is 1. The highest BCUT2D eigenvalue weighted by Crippen LogP contribution is 2.31. The minimum absolute atomic E-state index is 0.374. The zero-order valence-electron chi connectivity index (χ0n) is 11.3. The maximum absolute atomic E-state index is 9.43. The number of hydrogen-bond acceptors (Lipinski definition) is 4. The lowest BCUT2D eigenvalue weighted by atomic mass is 10.1. The van der Waals surface area contributed by atoms with E-state index < -0.39 is 0 Å². The maximum Gasteiger partial charge on any atom is 0.209 e. The molecule has 2 aliphatic rings. The van der Waals surface area contributed by atoms with Gasteiger partial charge in [0.25, 0.3) is 0 Å². The highest BCUT2D eigenvalue weighted by atomic mass is 32.2. The molecule has 0 radical (unpaired) electrons. The van der Waals surface area contributed by atoms with Crippen molar-refractivity contribution in [1.29, 1.82) is 0 Å². The topological polar surface area (TPSA) is 35.9 Å². The summed E-state index contributed by atoms with van der Waals surface area (Å²) in [5.41, 5.74) is 1.34. The number of fused-ring (bicyclic) bond motifs is 1. The van der Waals surface area contributed by atoms with Crippen LogP contribution < -0.4 is 0 Å². The minimum atomic E-state index is 0.374. The lowest BCUT2D eigenvalue weighted by Crippen LogP contribution is -2.21. The Morgan fingerprint density at radius 3 is 2.63 bits per heavy atom. The van der Waals surface area contributed by atoms with Crippen LogP contribution in [0.25, 0.3) is 0 Å². The van der Waals surface area contributed by atoms with Crippen molar-refractivity contribution < 1.29 is 4.79 Å². The normalized spacial score (nSPS) is 20.2. The number of nitrogens with zero attached hydrogens (tertiary/aromatic N) is 3. The van der Waals surface area contributed by atoms with Gasteiger partial charge in [0.2, 0.25) is 6.41 Å². The molecule has 0 aromatic heterocycles. The quantitative estimate of drug-likeness (QED) is 0.774. The predicted octanol–water partition coefficient (Wildman–Crippen LogP) is 1.85. The second-order valence-corrected chi connectivity index (χ2v) is 5.76. The van der Waals surface area contributed by atoms with Gasteiger partial charge in [-0.2, -0.15) is 0 Å². The van der Waals surface area contributed by atoms with Crippen molar-refractivity contribution in [3.63, 3.8) is 0 Å². The molecule has 2 heterocycles. The van der Waals surface area contributed by atoms with Gasteiger partial charge in [-0.1, -0.05) is 42.1 Å². The van der Waals surface area contributed by atoms with Gasteiger partial charge in [0, 0.05) is 32.9 Å². The third-order valence-corrected chi connectivity index (χ3v) is 3.93. The third kappa shape index (κ3) is 3.73. The smallest absolute Gasteiger partial charge is 0.209 e. The first kappa shape index (κ1) is 13.9. The van der Waals surface area contributed by atoms with E-state index >= 15 is 0 Å². The van der Waals surface area contributed by atoms with Gasteiger partial charge in [0.1, 0.15) is 0 Å². The second kappa shape index (κ2) is 6.61. The highest BCUT2D eigenvalue weighted by Gasteiger charge is 2.29. The average Bonchev–Trinajstić information content (AvgIpc) is 3.01. The number of hydrogen-bond donors (Lipinski definition) is 0. The summed E-state index contributed by atoms with van der Waals surface area (Å²) in [6.45, 7) is 2.25. The van der Waals surface area contributed by atoms with Crippen LogP contribution in [-0.4, -0.2) is 54.3 Å². The summed E-state index contributed by atoms with van der Waals surface area (Å²) < 4.78 is 0. The summed E-state index contributed by atoms with van der Waals surface area (Å²) in [5.74, 6) is 1.21. The van der Waals surface area contributed by atoms with Crippen molar-refractivity contribution in [2.24, 2.45) is 4.99 Å². The summed E-state index contributed by atoms with van der Waals surface area (Å²) in [4.78, 5) is 18.0.